The fourth-order valence-electron chi connectivity index (χ4n) is 5.51. The molecule has 0 amide bonds. The average Bonchev–Trinajstić information content (AvgIpc) is 3.16. The van der Waals surface area contributed by atoms with Crippen LogP contribution in [0.4, 0.5) is 0 Å². The monoisotopic (exact) mass is 780 g/mol. The molecule has 0 heterocycles. The van der Waals surface area contributed by atoms with Crippen molar-refractivity contribution in [3.05, 3.63) is 60.8 Å². The lowest BCUT2D eigenvalue weighted by atomic mass is 10.0. The molecule has 0 radical (unpaired) electrons. The summed E-state index contributed by atoms with van der Waals surface area (Å²) in [7, 11) is -4.38. The van der Waals surface area contributed by atoms with E-state index in [4.69, 9.17) is 24.3 Å². The van der Waals surface area contributed by atoms with Gasteiger partial charge in [0.1, 0.15) is 6.61 Å². The van der Waals surface area contributed by atoms with Crippen LogP contribution in [0.3, 0.4) is 0 Å². The molecule has 312 valence electrons. The van der Waals surface area contributed by atoms with E-state index in [-0.39, 0.29) is 32.6 Å². The Labute approximate surface area is 329 Å². The maximum atomic E-state index is 12.6. The predicted molar refractivity (Wildman–Crippen MR) is 224 cm³/mol. The first-order valence-corrected chi connectivity index (χ1v) is 22.8. The SMILES string of the molecule is CC/C=C\C/C=C\C/C=C\C/C=C\CCCCCCCCCCCCC(=O)OC(COC(=O)CCCCCCC/C=C\CCC)COP(=O)(O)OCCN. The van der Waals surface area contributed by atoms with Gasteiger partial charge in [-0.05, 0) is 70.6 Å². The first-order chi connectivity index (χ1) is 26.3. The average molecular weight is 780 g/mol. The van der Waals surface area contributed by atoms with Crippen molar-refractivity contribution in [2.24, 2.45) is 5.73 Å². The third-order valence-corrected chi connectivity index (χ3v) is 9.60. The first-order valence-electron chi connectivity index (χ1n) is 21.3. The third kappa shape index (κ3) is 39.4. The van der Waals surface area contributed by atoms with E-state index in [0.717, 1.165) is 96.3 Å². The Bertz CT molecular complexity index is 1070. The van der Waals surface area contributed by atoms with Gasteiger partial charge in [0.15, 0.2) is 6.10 Å². The van der Waals surface area contributed by atoms with Crippen LogP contribution in [-0.4, -0.2) is 49.3 Å². The van der Waals surface area contributed by atoms with Gasteiger partial charge >= 0.3 is 19.8 Å². The summed E-state index contributed by atoms with van der Waals surface area (Å²) in [5, 5.41) is 0. The highest BCUT2D eigenvalue weighted by Gasteiger charge is 2.26. The van der Waals surface area contributed by atoms with Gasteiger partial charge in [0.05, 0.1) is 13.2 Å². The van der Waals surface area contributed by atoms with Crippen molar-refractivity contribution < 1.29 is 37.6 Å². The van der Waals surface area contributed by atoms with Gasteiger partial charge in [-0.1, -0.05) is 152 Å². The second-order valence-corrected chi connectivity index (χ2v) is 15.3. The highest BCUT2D eigenvalue weighted by atomic mass is 31.2. The van der Waals surface area contributed by atoms with Crippen LogP contribution in [0.5, 0.6) is 0 Å². The number of rotatable bonds is 39. The number of hydrogen-bond acceptors (Lipinski definition) is 8. The van der Waals surface area contributed by atoms with Crippen molar-refractivity contribution in [1.29, 1.82) is 0 Å². The fourth-order valence-corrected chi connectivity index (χ4v) is 6.27. The van der Waals surface area contributed by atoms with E-state index in [1.54, 1.807) is 0 Å². The van der Waals surface area contributed by atoms with E-state index in [1.165, 1.54) is 44.9 Å². The summed E-state index contributed by atoms with van der Waals surface area (Å²) in [6, 6.07) is 0. The molecule has 0 aromatic carbocycles. The molecule has 0 aromatic rings. The number of carbonyl (C=O) groups excluding carboxylic acids is 2. The topological polar surface area (TPSA) is 134 Å². The van der Waals surface area contributed by atoms with Crippen LogP contribution in [0, 0.1) is 0 Å². The van der Waals surface area contributed by atoms with Crippen molar-refractivity contribution >= 4 is 19.8 Å². The van der Waals surface area contributed by atoms with Gasteiger partial charge in [0, 0.05) is 19.4 Å². The number of unbranched alkanes of at least 4 members (excludes halogenated alkanes) is 16. The quantitative estimate of drug-likeness (QED) is 0.0270. The maximum Gasteiger partial charge on any atom is 0.472 e. The number of ether oxygens (including phenoxy) is 2. The van der Waals surface area contributed by atoms with E-state index >= 15 is 0 Å². The second-order valence-electron chi connectivity index (χ2n) is 13.8. The van der Waals surface area contributed by atoms with Crippen LogP contribution in [0.2, 0.25) is 0 Å². The Morgan fingerprint density at radius 3 is 1.54 bits per heavy atom. The highest BCUT2D eigenvalue weighted by Crippen LogP contribution is 2.43. The lowest BCUT2D eigenvalue weighted by Gasteiger charge is -2.19. The molecule has 0 saturated heterocycles. The molecule has 0 bridgehead atoms. The minimum atomic E-state index is -4.38. The molecule has 3 N–H and O–H groups in total. The van der Waals surface area contributed by atoms with E-state index in [2.05, 4.69) is 74.6 Å². The Morgan fingerprint density at radius 2 is 1.02 bits per heavy atom. The smallest absolute Gasteiger partial charge is 0.462 e. The fraction of sp³-hybridized carbons (Fsp3) is 0.727. The summed E-state index contributed by atoms with van der Waals surface area (Å²) in [6.45, 7) is 3.53. The minimum Gasteiger partial charge on any atom is -0.462 e. The van der Waals surface area contributed by atoms with Crippen molar-refractivity contribution in [2.45, 2.75) is 180 Å². The normalized spacial score (nSPS) is 13.9. The van der Waals surface area contributed by atoms with Gasteiger partial charge < -0.3 is 20.1 Å². The number of hydrogen-bond donors (Lipinski definition) is 2. The molecule has 0 fully saturated rings. The molecule has 2 atom stereocenters. The van der Waals surface area contributed by atoms with Gasteiger partial charge in [0.25, 0.3) is 0 Å². The van der Waals surface area contributed by atoms with Gasteiger partial charge in [-0.15, -0.1) is 0 Å². The second kappa shape index (κ2) is 40.4. The summed E-state index contributed by atoms with van der Waals surface area (Å²) in [5.41, 5.74) is 5.34. The molecular formula is C44H78NO8P. The van der Waals surface area contributed by atoms with Crippen LogP contribution in [0.1, 0.15) is 174 Å². The summed E-state index contributed by atoms with van der Waals surface area (Å²) in [4.78, 5) is 34.8. The van der Waals surface area contributed by atoms with Crippen molar-refractivity contribution in [1.82, 2.24) is 0 Å². The molecular weight excluding hydrogens is 701 g/mol. The number of carbonyl (C=O) groups is 2. The summed E-state index contributed by atoms with van der Waals surface area (Å²) < 4.78 is 32.7. The molecule has 0 spiro atoms. The molecule has 10 heteroatoms. The molecule has 54 heavy (non-hydrogen) atoms. The molecule has 0 aliphatic heterocycles. The summed E-state index contributed by atoms with van der Waals surface area (Å²) in [6.07, 6.45) is 46.9. The highest BCUT2D eigenvalue weighted by molar-refractivity contribution is 7.47. The molecule has 2 unspecified atom stereocenters. The van der Waals surface area contributed by atoms with E-state index < -0.39 is 32.5 Å². The zero-order chi connectivity index (χ0) is 39.6. The van der Waals surface area contributed by atoms with Crippen LogP contribution in [-0.2, 0) is 32.7 Å². The zero-order valence-electron chi connectivity index (χ0n) is 34.2. The van der Waals surface area contributed by atoms with Crippen LogP contribution >= 0.6 is 7.82 Å². The van der Waals surface area contributed by atoms with E-state index in [9.17, 15) is 19.0 Å². The predicted octanol–water partition coefficient (Wildman–Crippen LogP) is 12.1. The summed E-state index contributed by atoms with van der Waals surface area (Å²) >= 11 is 0. The zero-order valence-corrected chi connectivity index (χ0v) is 35.1. The lowest BCUT2D eigenvalue weighted by Crippen LogP contribution is -2.29. The Kier molecular flexibility index (Phi) is 38.7. The number of nitrogens with two attached hydrogens (primary N) is 1. The third-order valence-electron chi connectivity index (χ3n) is 8.62. The Morgan fingerprint density at radius 1 is 0.574 bits per heavy atom. The lowest BCUT2D eigenvalue weighted by molar-refractivity contribution is -0.161. The first kappa shape index (κ1) is 51.7. The standard InChI is InChI=1S/C44H78NO8P/c1-3-5-7-9-11-13-15-16-17-18-19-20-21-22-23-24-25-26-27-29-31-33-35-37-44(47)53-42(41-52-54(48,49)51-39-38-45)40-50-43(46)36-34-32-30-28-14-12-10-8-6-4-2/h5,7-8,10-11,13,16-17,19-20,42H,3-4,6,9,12,14-15,18,21-41,45H2,1-2H3,(H,48,49)/b7-5-,10-8-,13-11-,17-16-,20-19-. The number of phosphoric acid groups is 1. The van der Waals surface area contributed by atoms with Gasteiger partial charge in [-0.25, -0.2) is 4.57 Å². The van der Waals surface area contributed by atoms with Gasteiger partial charge in [-0.3, -0.25) is 18.6 Å². The number of allylic oxidation sites excluding steroid dienone is 10. The van der Waals surface area contributed by atoms with Gasteiger partial charge in [0.2, 0.25) is 0 Å². The van der Waals surface area contributed by atoms with Crippen molar-refractivity contribution in [3.63, 3.8) is 0 Å². The molecule has 9 nitrogen and oxygen atoms in total. The maximum absolute atomic E-state index is 12.6. The van der Waals surface area contributed by atoms with Crippen molar-refractivity contribution in [3.8, 4) is 0 Å². The van der Waals surface area contributed by atoms with Gasteiger partial charge in [-0.2, -0.15) is 0 Å². The van der Waals surface area contributed by atoms with Crippen LogP contribution in [0.25, 0.3) is 0 Å². The Hall–Kier alpha value is -2.29. The van der Waals surface area contributed by atoms with Crippen LogP contribution in [0.15, 0.2) is 60.8 Å². The van der Waals surface area contributed by atoms with E-state index in [0.29, 0.717) is 6.42 Å². The molecule has 0 saturated carbocycles. The number of phosphoric ester groups is 1. The molecule has 0 rings (SSSR count). The molecule has 0 aromatic heterocycles. The minimum absolute atomic E-state index is 0.0493. The summed E-state index contributed by atoms with van der Waals surface area (Å²) in [5.74, 6) is -0.850. The van der Waals surface area contributed by atoms with Crippen LogP contribution < -0.4 is 5.73 Å². The van der Waals surface area contributed by atoms with E-state index in [1.807, 2.05) is 0 Å². The van der Waals surface area contributed by atoms with Crippen molar-refractivity contribution in [2.75, 3.05) is 26.4 Å². The Balaban J connectivity index is 4.09. The molecule has 0 aliphatic carbocycles. The number of esters is 2. The largest absolute Gasteiger partial charge is 0.472 e. The molecule has 0 aliphatic rings.